The van der Waals surface area contributed by atoms with Gasteiger partial charge in [0.15, 0.2) is 0 Å². The first-order valence-corrected chi connectivity index (χ1v) is 7.41. The summed E-state index contributed by atoms with van der Waals surface area (Å²) in [6, 6.07) is 8.90. The van der Waals surface area contributed by atoms with Gasteiger partial charge in [0, 0.05) is 11.8 Å². The Labute approximate surface area is 125 Å². The molecule has 0 spiro atoms. The van der Waals surface area contributed by atoms with E-state index in [0.717, 1.165) is 19.1 Å². The molecule has 1 saturated heterocycles. The number of carbonyl (C=O) groups is 3. The van der Waals surface area contributed by atoms with Crippen molar-refractivity contribution in [3.63, 3.8) is 0 Å². The second kappa shape index (κ2) is 6.20. The maximum absolute atomic E-state index is 12.6. The molecule has 112 valence electrons. The smallest absolute Gasteiger partial charge is 0.238 e. The van der Waals surface area contributed by atoms with E-state index in [4.69, 9.17) is 0 Å². The van der Waals surface area contributed by atoms with Gasteiger partial charge in [-0.25, -0.2) is 0 Å². The lowest BCUT2D eigenvalue weighted by Crippen LogP contribution is -2.37. The molecule has 0 aromatic heterocycles. The first-order chi connectivity index (χ1) is 10.0. The van der Waals surface area contributed by atoms with Crippen LogP contribution in [0.4, 0.5) is 5.69 Å². The van der Waals surface area contributed by atoms with Gasteiger partial charge >= 0.3 is 0 Å². The van der Waals surface area contributed by atoms with Gasteiger partial charge in [-0.1, -0.05) is 44.9 Å². The Morgan fingerprint density at radius 1 is 1.29 bits per heavy atom. The number of amides is 2. The third-order valence-electron chi connectivity index (χ3n) is 4.30. The van der Waals surface area contributed by atoms with Crippen LogP contribution in [0.1, 0.15) is 39.5 Å². The fourth-order valence-electron chi connectivity index (χ4n) is 2.87. The molecule has 0 bridgehead atoms. The van der Waals surface area contributed by atoms with Crippen molar-refractivity contribution in [3.8, 4) is 0 Å². The van der Waals surface area contributed by atoms with Crippen molar-refractivity contribution in [1.29, 1.82) is 0 Å². The van der Waals surface area contributed by atoms with Crippen LogP contribution in [0.15, 0.2) is 30.3 Å². The van der Waals surface area contributed by atoms with Gasteiger partial charge in [-0.15, -0.1) is 0 Å². The van der Waals surface area contributed by atoms with E-state index in [9.17, 15) is 14.4 Å². The summed E-state index contributed by atoms with van der Waals surface area (Å²) in [7, 11) is 0. The molecule has 1 aliphatic heterocycles. The van der Waals surface area contributed by atoms with Gasteiger partial charge in [0.25, 0.3) is 0 Å². The van der Waals surface area contributed by atoms with Crippen LogP contribution in [-0.4, -0.2) is 18.1 Å². The Balaban J connectivity index is 2.27. The second-order valence-corrected chi connectivity index (χ2v) is 5.89. The molecule has 4 nitrogen and oxygen atoms in total. The number of benzene rings is 1. The molecule has 1 aromatic rings. The van der Waals surface area contributed by atoms with Gasteiger partial charge in [0.2, 0.25) is 11.8 Å². The molecule has 2 rings (SSSR count). The summed E-state index contributed by atoms with van der Waals surface area (Å²) < 4.78 is 0. The van der Waals surface area contributed by atoms with Crippen molar-refractivity contribution in [2.45, 2.75) is 39.5 Å². The van der Waals surface area contributed by atoms with Crippen LogP contribution in [0.2, 0.25) is 0 Å². The summed E-state index contributed by atoms with van der Waals surface area (Å²) >= 11 is 0. The van der Waals surface area contributed by atoms with E-state index >= 15 is 0 Å². The maximum atomic E-state index is 12.6. The number of para-hydroxylation sites is 1. The Hall–Kier alpha value is -1.97. The van der Waals surface area contributed by atoms with E-state index in [1.807, 2.05) is 13.0 Å². The lowest BCUT2D eigenvalue weighted by atomic mass is 9.73. The molecule has 0 aliphatic carbocycles. The first-order valence-electron chi connectivity index (χ1n) is 7.41. The Morgan fingerprint density at radius 2 is 1.95 bits per heavy atom. The summed E-state index contributed by atoms with van der Waals surface area (Å²) in [6.45, 7) is 3.84. The van der Waals surface area contributed by atoms with Crippen LogP contribution in [0.3, 0.4) is 0 Å². The molecular weight excluding hydrogens is 266 g/mol. The number of carbonyl (C=O) groups excluding carboxylic acids is 3. The quantitative estimate of drug-likeness (QED) is 0.597. The van der Waals surface area contributed by atoms with E-state index < -0.39 is 11.3 Å². The van der Waals surface area contributed by atoms with Gasteiger partial charge in [-0.3, -0.25) is 14.5 Å². The fraction of sp³-hybridized carbons (Fsp3) is 0.471. The molecular formula is C17H21NO3. The third kappa shape index (κ3) is 2.89. The van der Waals surface area contributed by atoms with Crippen molar-refractivity contribution in [2.75, 3.05) is 4.90 Å². The van der Waals surface area contributed by atoms with E-state index in [-0.39, 0.29) is 18.2 Å². The molecule has 1 fully saturated rings. The van der Waals surface area contributed by atoms with Crippen LogP contribution < -0.4 is 4.90 Å². The van der Waals surface area contributed by atoms with E-state index in [1.165, 1.54) is 4.90 Å². The monoisotopic (exact) mass is 287 g/mol. The lowest BCUT2D eigenvalue weighted by molar-refractivity contribution is -0.130. The largest absolute Gasteiger partial charge is 0.303 e. The molecule has 2 atom stereocenters. The highest BCUT2D eigenvalue weighted by molar-refractivity contribution is 6.21. The van der Waals surface area contributed by atoms with Crippen molar-refractivity contribution in [3.05, 3.63) is 30.3 Å². The number of imide groups is 1. The summed E-state index contributed by atoms with van der Waals surface area (Å²) in [5.74, 6) is -1.02. The van der Waals surface area contributed by atoms with E-state index in [0.29, 0.717) is 12.1 Å². The zero-order valence-electron chi connectivity index (χ0n) is 12.5. The first kappa shape index (κ1) is 15.4. The average Bonchev–Trinajstić information content (AvgIpc) is 2.81. The number of rotatable bonds is 6. The predicted octanol–water partition coefficient (Wildman–Crippen LogP) is 2.96. The number of hydrogen-bond donors (Lipinski definition) is 0. The number of aldehydes is 1. The zero-order chi connectivity index (χ0) is 15.5. The van der Waals surface area contributed by atoms with Crippen molar-refractivity contribution in [1.82, 2.24) is 0 Å². The molecule has 1 aliphatic rings. The Bertz CT molecular complexity index is 540. The highest BCUT2D eigenvalue weighted by atomic mass is 16.2. The van der Waals surface area contributed by atoms with Gasteiger partial charge in [-0.2, -0.15) is 0 Å². The van der Waals surface area contributed by atoms with Crippen LogP contribution >= 0.6 is 0 Å². The van der Waals surface area contributed by atoms with Gasteiger partial charge in [0.1, 0.15) is 6.29 Å². The van der Waals surface area contributed by atoms with Crippen molar-refractivity contribution >= 4 is 23.8 Å². The molecule has 0 N–H and O–H groups in total. The van der Waals surface area contributed by atoms with Gasteiger partial charge in [0.05, 0.1) is 11.6 Å². The number of nitrogens with zero attached hydrogens (tertiary/aromatic N) is 1. The maximum Gasteiger partial charge on any atom is 0.238 e. The number of anilines is 1. The highest BCUT2D eigenvalue weighted by Crippen LogP contribution is 2.40. The Morgan fingerprint density at radius 3 is 2.52 bits per heavy atom. The fourth-order valence-corrected chi connectivity index (χ4v) is 2.87. The molecule has 21 heavy (non-hydrogen) atoms. The minimum Gasteiger partial charge on any atom is -0.303 e. The minimum atomic E-state index is -0.758. The molecule has 0 saturated carbocycles. The van der Waals surface area contributed by atoms with Gasteiger partial charge < -0.3 is 4.79 Å². The minimum absolute atomic E-state index is 0.118. The summed E-state index contributed by atoms with van der Waals surface area (Å²) in [6.07, 6.45) is 3.44. The van der Waals surface area contributed by atoms with Crippen LogP contribution in [0, 0.1) is 11.3 Å². The highest BCUT2D eigenvalue weighted by Gasteiger charge is 2.48. The van der Waals surface area contributed by atoms with Crippen LogP contribution in [0.5, 0.6) is 0 Å². The topological polar surface area (TPSA) is 54.5 Å². The standard InChI is InChI=1S/C17H21NO3/c1-3-4-10-17(2,12-19)14-11-15(20)18(16(14)21)13-8-6-5-7-9-13/h5-9,12,14H,3-4,10-11H2,1-2H3/t14-,17+/m1/s1. The lowest BCUT2D eigenvalue weighted by Gasteiger charge is -2.28. The SMILES string of the molecule is CCCC[C@@](C)(C=O)[C@@H]1CC(=O)N(c2ccccc2)C1=O. The van der Waals surface area contributed by atoms with Crippen LogP contribution in [-0.2, 0) is 14.4 Å². The average molecular weight is 287 g/mol. The molecule has 1 aromatic carbocycles. The molecule has 1 heterocycles. The number of unbranched alkanes of at least 4 members (excludes halogenated alkanes) is 1. The molecule has 4 heteroatoms. The molecule has 0 radical (unpaired) electrons. The molecule has 0 unspecified atom stereocenters. The zero-order valence-corrected chi connectivity index (χ0v) is 12.5. The normalized spacial score (nSPS) is 21.4. The van der Waals surface area contributed by atoms with Crippen LogP contribution in [0.25, 0.3) is 0 Å². The van der Waals surface area contributed by atoms with Gasteiger partial charge in [-0.05, 0) is 18.6 Å². The van der Waals surface area contributed by atoms with Crippen molar-refractivity contribution < 1.29 is 14.4 Å². The second-order valence-electron chi connectivity index (χ2n) is 5.89. The van der Waals surface area contributed by atoms with E-state index in [1.54, 1.807) is 31.2 Å². The summed E-state index contributed by atoms with van der Waals surface area (Å²) in [4.78, 5) is 37.6. The van der Waals surface area contributed by atoms with Crippen molar-refractivity contribution in [2.24, 2.45) is 11.3 Å². The molecule has 2 amide bonds. The predicted molar refractivity (Wildman–Crippen MR) is 80.7 cm³/mol. The third-order valence-corrected chi connectivity index (χ3v) is 4.30. The Kier molecular flexibility index (Phi) is 4.56. The number of hydrogen-bond acceptors (Lipinski definition) is 3. The van der Waals surface area contributed by atoms with E-state index in [2.05, 4.69) is 0 Å². The summed E-state index contributed by atoms with van der Waals surface area (Å²) in [5, 5.41) is 0. The summed E-state index contributed by atoms with van der Waals surface area (Å²) in [5.41, 5.74) is -0.175.